The topological polar surface area (TPSA) is 82.3 Å². The maximum absolute atomic E-state index is 11.8. The maximum atomic E-state index is 11.8. The zero-order valence-corrected chi connectivity index (χ0v) is 11.5. The number of pyridine rings is 1. The lowest BCUT2D eigenvalue weighted by atomic mass is 10.3. The number of H-pyrrole nitrogens is 1. The third-order valence-corrected chi connectivity index (χ3v) is 3.85. The standard InChI is InChI=1S/C11H19N3O3S/c1-14(2)8-4-3-7-13-18(16,17)10-5-6-11(15)12-9-10/h5-6,9,13H,3-4,7-8H2,1-2H3,(H,12,15). The van der Waals surface area contributed by atoms with Crippen molar-refractivity contribution in [3.8, 4) is 0 Å². The molecule has 0 spiro atoms. The fourth-order valence-electron chi connectivity index (χ4n) is 1.41. The second-order valence-corrected chi connectivity index (χ2v) is 6.06. The fraction of sp³-hybridized carbons (Fsp3) is 0.545. The van der Waals surface area contributed by atoms with Gasteiger partial charge >= 0.3 is 0 Å². The molecule has 7 heteroatoms. The Hall–Kier alpha value is -1.18. The van der Waals surface area contributed by atoms with Crippen molar-refractivity contribution in [1.29, 1.82) is 0 Å². The first-order valence-corrected chi connectivity index (χ1v) is 7.23. The Morgan fingerprint density at radius 1 is 1.28 bits per heavy atom. The Morgan fingerprint density at radius 2 is 2.00 bits per heavy atom. The Labute approximate surface area is 107 Å². The molecule has 0 aromatic carbocycles. The summed E-state index contributed by atoms with van der Waals surface area (Å²) in [5, 5.41) is 0. The summed E-state index contributed by atoms with van der Waals surface area (Å²) in [7, 11) is 0.442. The van der Waals surface area contributed by atoms with Gasteiger partial charge in [0.15, 0.2) is 0 Å². The Kier molecular flexibility index (Phi) is 5.52. The molecule has 102 valence electrons. The van der Waals surface area contributed by atoms with Crippen LogP contribution in [0.2, 0.25) is 0 Å². The van der Waals surface area contributed by atoms with Crippen molar-refractivity contribution in [3.05, 3.63) is 28.7 Å². The third-order valence-electron chi connectivity index (χ3n) is 2.39. The molecule has 0 atom stereocenters. The van der Waals surface area contributed by atoms with Crippen LogP contribution in [0, 0.1) is 0 Å². The molecule has 1 aromatic rings. The van der Waals surface area contributed by atoms with Gasteiger partial charge in [0.1, 0.15) is 0 Å². The van der Waals surface area contributed by atoms with Gasteiger partial charge in [-0.2, -0.15) is 0 Å². The van der Waals surface area contributed by atoms with E-state index in [1.165, 1.54) is 18.3 Å². The van der Waals surface area contributed by atoms with Crippen LogP contribution in [0.4, 0.5) is 0 Å². The highest BCUT2D eigenvalue weighted by atomic mass is 32.2. The van der Waals surface area contributed by atoms with Crippen LogP contribution in [-0.4, -0.2) is 45.5 Å². The highest BCUT2D eigenvalue weighted by molar-refractivity contribution is 7.89. The molecule has 0 amide bonds. The SMILES string of the molecule is CN(C)CCCCNS(=O)(=O)c1ccc(=O)[nH]c1. The van der Waals surface area contributed by atoms with Gasteiger partial charge in [-0.05, 0) is 39.5 Å². The number of aromatic nitrogens is 1. The Bertz CT molecular complexity index is 502. The van der Waals surface area contributed by atoms with Crippen LogP contribution < -0.4 is 10.3 Å². The molecule has 0 unspecified atom stereocenters. The fourth-order valence-corrected chi connectivity index (χ4v) is 2.45. The molecule has 0 radical (unpaired) electrons. The van der Waals surface area contributed by atoms with E-state index >= 15 is 0 Å². The van der Waals surface area contributed by atoms with E-state index in [4.69, 9.17) is 0 Å². The zero-order valence-electron chi connectivity index (χ0n) is 10.6. The van der Waals surface area contributed by atoms with E-state index in [1.54, 1.807) is 0 Å². The van der Waals surface area contributed by atoms with Crippen LogP contribution in [0.1, 0.15) is 12.8 Å². The summed E-state index contributed by atoms with van der Waals surface area (Å²) in [6, 6.07) is 2.49. The first kappa shape index (κ1) is 14.9. The molecule has 0 aliphatic rings. The normalized spacial score (nSPS) is 11.9. The second-order valence-electron chi connectivity index (χ2n) is 4.30. The van der Waals surface area contributed by atoms with Gasteiger partial charge in [0.05, 0.1) is 4.90 Å². The van der Waals surface area contributed by atoms with E-state index < -0.39 is 10.0 Å². The lowest BCUT2D eigenvalue weighted by Gasteiger charge is -2.09. The predicted octanol–water partition coefficient (Wildman–Crippen LogP) is -0.00500. The van der Waals surface area contributed by atoms with Gasteiger partial charge < -0.3 is 9.88 Å². The molecule has 0 saturated carbocycles. The van der Waals surface area contributed by atoms with E-state index in [0.29, 0.717) is 6.54 Å². The van der Waals surface area contributed by atoms with Crippen LogP contribution in [0.3, 0.4) is 0 Å². The number of nitrogens with zero attached hydrogens (tertiary/aromatic N) is 1. The summed E-state index contributed by atoms with van der Waals surface area (Å²) in [6.45, 7) is 1.33. The van der Waals surface area contributed by atoms with Crippen LogP contribution in [0.15, 0.2) is 28.0 Å². The molecule has 2 N–H and O–H groups in total. The van der Waals surface area contributed by atoms with E-state index in [-0.39, 0.29) is 10.5 Å². The maximum Gasteiger partial charge on any atom is 0.247 e. The van der Waals surface area contributed by atoms with Crippen LogP contribution in [0.25, 0.3) is 0 Å². The molecular formula is C11H19N3O3S. The summed E-state index contributed by atoms with van der Waals surface area (Å²) in [5.41, 5.74) is -0.320. The number of sulfonamides is 1. The molecule has 1 aromatic heterocycles. The minimum atomic E-state index is -3.51. The first-order valence-electron chi connectivity index (χ1n) is 5.75. The summed E-state index contributed by atoms with van der Waals surface area (Å²) in [6.07, 6.45) is 2.91. The van der Waals surface area contributed by atoms with Gasteiger partial charge in [-0.25, -0.2) is 13.1 Å². The lowest BCUT2D eigenvalue weighted by Crippen LogP contribution is -2.26. The van der Waals surface area contributed by atoms with Crippen molar-refractivity contribution in [1.82, 2.24) is 14.6 Å². The molecule has 0 saturated heterocycles. The summed E-state index contributed by atoms with van der Waals surface area (Å²) in [4.78, 5) is 15.3. The van der Waals surface area contributed by atoms with Gasteiger partial charge in [0.2, 0.25) is 15.6 Å². The number of nitrogens with one attached hydrogen (secondary N) is 2. The molecule has 0 fully saturated rings. The Morgan fingerprint density at radius 3 is 2.56 bits per heavy atom. The minimum Gasteiger partial charge on any atom is -0.328 e. The highest BCUT2D eigenvalue weighted by Crippen LogP contribution is 2.04. The average molecular weight is 273 g/mol. The highest BCUT2D eigenvalue weighted by Gasteiger charge is 2.12. The molecule has 18 heavy (non-hydrogen) atoms. The summed E-state index contributed by atoms with van der Waals surface area (Å²) >= 11 is 0. The Balaban J connectivity index is 2.45. The molecule has 6 nitrogen and oxygen atoms in total. The van der Waals surface area contributed by atoms with E-state index in [9.17, 15) is 13.2 Å². The van der Waals surface area contributed by atoms with E-state index in [0.717, 1.165) is 19.4 Å². The zero-order chi connectivity index (χ0) is 13.6. The molecule has 0 aliphatic carbocycles. The number of rotatable bonds is 7. The van der Waals surface area contributed by atoms with Crippen molar-refractivity contribution in [2.45, 2.75) is 17.7 Å². The van der Waals surface area contributed by atoms with E-state index in [1.807, 2.05) is 14.1 Å². The number of unbranched alkanes of at least 4 members (excludes halogenated alkanes) is 1. The van der Waals surface area contributed by atoms with E-state index in [2.05, 4.69) is 14.6 Å². The third kappa shape index (κ3) is 4.99. The monoisotopic (exact) mass is 273 g/mol. The minimum absolute atomic E-state index is 0.0784. The molecule has 0 bridgehead atoms. The number of hydrogen-bond donors (Lipinski definition) is 2. The molecule has 0 aliphatic heterocycles. The first-order chi connectivity index (χ1) is 8.42. The summed E-state index contributed by atoms with van der Waals surface area (Å²) in [5.74, 6) is 0. The lowest BCUT2D eigenvalue weighted by molar-refractivity contribution is 0.394. The smallest absolute Gasteiger partial charge is 0.247 e. The molecule has 1 rings (SSSR count). The predicted molar refractivity (Wildman–Crippen MR) is 70.0 cm³/mol. The molecular weight excluding hydrogens is 254 g/mol. The van der Waals surface area contributed by atoms with Gasteiger partial charge in [-0.3, -0.25) is 4.79 Å². The second kappa shape index (κ2) is 6.67. The van der Waals surface area contributed by atoms with Crippen molar-refractivity contribution in [2.75, 3.05) is 27.2 Å². The van der Waals surface area contributed by atoms with Gasteiger partial charge in [-0.15, -0.1) is 0 Å². The van der Waals surface area contributed by atoms with Crippen molar-refractivity contribution >= 4 is 10.0 Å². The van der Waals surface area contributed by atoms with Gasteiger partial charge in [0.25, 0.3) is 0 Å². The van der Waals surface area contributed by atoms with Crippen LogP contribution >= 0.6 is 0 Å². The molecule has 1 heterocycles. The van der Waals surface area contributed by atoms with Gasteiger partial charge in [0, 0.05) is 18.8 Å². The van der Waals surface area contributed by atoms with Crippen LogP contribution in [-0.2, 0) is 10.0 Å². The number of hydrogen-bond acceptors (Lipinski definition) is 4. The average Bonchev–Trinajstić information content (AvgIpc) is 2.28. The van der Waals surface area contributed by atoms with Crippen molar-refractivity contribution in [2.24, 2.45) is 0 Å². The largest absolute Gasteiger partial charge is 0.328 e. The number of aromatic amines is 1. The van der Waals surface area contributed by atoms with Crippen molar-refractivity contribution < 1.29 is 8.42 Å². The van der Waals surface area contributed by atoms with Gasteiger partial charge in [-0.1, -0.05) is 0 Å². The van der Waals surface area contributed by atoms with Crippen LogP contribution in [0.5, 0.6) is 0 Å². The quantitative estimate of drug-likeness (QED) is 0.685. The van der Waals surface area contributed by atoms with Crippen molar-refractivity contribution in [3.63, 3.8) is 0 Å². The summed E-state index contributed by atoms with van der Waals surface area (Å²) < 4.78 is 26.1.